The number of hydrogen-bond acceptors (Lipinski definition) is 5. The number of hydrogen-bond donors (Lipinski definition) is 3. The van der Waals surface area contributed by atoms with Crippen LogP contribution in [0.4, 0.5) is 4.79 Å². The van der Waals surface area contributed by atoms with E-state index in [1.54, 1.807) is 6.92 Å². The van der Waals surface area contributed by atoms with Gasteiger partial charge in [-0.2, -0.15) is 0 Å². The molecule has 0 saturated carbocycles. The number of carbonyl (C=O) groups excluding carboxylic acids is 2. The Kier molecular flexibility index (Phi) is 4.61. The van der Waals surface area contributed by atoms with Gasteiger partial charge in [-0.3, -0.25) is 4.90 Å². The Morgan fingerprint density at radius 1 is 1.50 bits per heavy atom. The highest BCUT2D eigenvalue weighted by molar-refractivity contribution is 5.93. The number of rotatable bonds is 4. The standard InChI is InChI=1S/C13H22N4O3/c1-3-20-12(18)9-4-15-13(19)16-11(9)7-17-5-8(2)10(14)6-17/h8,10H,3-7,14H2,1-2H3,(H2,15,16,19). The molecule has 1 fully saturated rings. The van der Waals surface area contributed by atoms with E-state index in [1.165, 1.54) is 0 Å². The van der Waals surface area contributed by atoms with Gasteiger partial charge in [-0.1, -0.05) is 6.92 Å². The highest BCUT2D eigenvalue weighted by atomic mass is 16.5. The predicted octanol–water partition coefficient (Wildman–Crippen LogP) is -0.605. The first-order chi connectivity index (χ1) is 9.51. The average molecular weight is 282 g/mol. The number of likely N-dealkylation sites (tertiary alicyclic amines) is 1. The molecule has 2 aliphatic rings. The number of ether oxygens (including phenoxy) is 1. The van der Waals surface area contributed by atoms with Crippen LogP contribution in [0.15, 0.2) is 11.3 Å². The molecule has 0 aromatic carbocycles. The van der Waals surface area contributed by atoms with Crippen molar-refractivity contribution in [3.8, 4) is 0 Å². The Morgan fingerprint density at radius 2 is 2.25 bits per heavy atom. The molecule has 0 aliphatic carbocycles. The van der Waals surface area contributed by atoms with E-state index in [1.807, 2.05) is 0 Å². The van der Waals surface area contributed by atoms with Gasteiger partial charge >= 0.3 is 12.0 Å². The van der Waals surface area contributed by atoms with Crippen molar-refractivity contribution in [1.82, 2.24) is 15.5 Å². The van der Waals surface area contributed by atoms with Crippen LogP contribution in [-0.2, 0) is 9.53 Å². The van der Waals surface area contributed by atoms with Gasteiger partial charge in [0.25, 0.3) is 0 Å². The molecular weight excluding hydrogens is 260 g/mol. The Bertz CT molecular complexity index is 425. The summed E-state index contributed by atoms with van der Waals surface area (Å²) in [6, 6.07) is -0.149. The van der Waals surface area contributed by atoms with E-state index >= 15 is 0 Å². The first-order valence-corrected chi connectivity index (χ1v) is 6.93. The zero-order valence-corrected chi connectivity index (χ0v) is 11.9. The van der Waals surface area contributed by atoms with E-state index in [-0.39, 0.29) is 24.6 Å². The normalized spacial score (nSPS) is 27.2. The summed E-state index contributed by atoms with van der Waals surface area (Å²) in [6.07, 6.45) is 0. The van der Waals surface area contributed by atoms with Crippen molar-refractivity contribution in [3.05, 3.63) is 11.3 Å². The van der Waals surface area contributed by atoms with Crippen molar-refractivity contribution in [2.75, 3.05) is 32.8 Å². The first kappa shape index (κ1) is 14.8. The van der Waals surface area contributed by atoms with Crippen LogP contribution >= 0.6 is 0 Å². The number of nitrogens with one attached hydrogen (secondary N) is 2. The molecule has 2 aliphatic heterocycles. The maximum atomic E-state index is 11.9. The van der Waals surface area contributed by atoms with Gasteiger partial charge in [0.05, 0.1) is 18.7 Å². The van der Waals surface area contributed by atoms with E-state index in [0.29, 0.717) is 30.3 Å². The summed E-state index contributed by atoms with van der Waals surface area (Å²) in [6.45, 7) is 6.53. The minimum atomic E-state index is -0.383. The monoisotopic (exact) mass is 282 g/mol. The van der Waals surface area contributed by atoms with Crippen LogP contribution < -0.4 is 16.4 Å². The average Bonchev–Trinajstić information content (AvgIpc) is 2.68. The number of amides is 2. The van der Waals surface area contributed by atoms with Crippen LogP contribution in [0.2, 0.25) is 0 Å². The molecule has 7 nitrogen and oxygen atoms in total. The van der Waals surface area contributed by atoms with Crippen molar-refractivity contribution in [1.29, 1.82) is 0 Å². The van der Waals surface area contributed by atoms with Gasteiger partial charge in [-0.25, -0.2) is 9.59 Å². The van der Waals surface area contributed by atoms with Crippen LogP contribution in [0.3, 0.4) is 0 Å². The summed E-state index contributed by atoms with van der Waals surface area (Å²) in [5.74, 6) is 0.0330. The molecule has 4 N–H and O–H groups in total. The fourth-order valence-electron chi connectivity index (χ4n) is 2.53. The molecule has 7 heteroatoms. The summed E-state index contributed by atoms with van der Waals surface area (Å²) in [5, 5.41) is 5.30. The lowest BCUT2D eigenvalue weighted by molar-refractivity contribution is -0.138. The lowest BCUT2D eigenvalue weighted by Crippen LogP contribution is -2.46. The second-order valence-corrected chi connectivity index (χ2v) is 5.32. The van der Waals surface area contributed by atoms with Gasteiger partial charge in [0.1, 0.15) is 0 Å². The SMILES string of the molecule is CCOC(=O)C1=C(CN2CC(C)C(N)C2)NC(=O)NC1. The van der Waals surface area contributed by atoms with E-state index in [0.717, 1.165) is 13.1 Å². The lowest BCUT2D eigenvalue weighted by Gasteiger charge is -2.25. The third kappa shape index (κ3) is 3.29. The molecule has 0 spiro atoms. The van der Waals surface area contributed by atoms with Crippen molar-refractivity contribution in [2.24, 2.45) is 11.7 Å². The van der Waals surface area contributed by atoms with Crippen LogP contribution in [0.1, 0.15) is 13.8 Å². The lowest BCUT2D eigenvalue weighted by atomic mass is 10.1. The fraction of sp³-hybridized carbons (Fsp3) is 0.692. The largest absolute Gasteiger partial charge is 0.463 e. The molecule has 20 heavy (non-hydrogen) atoms. The zero-order valence-electron chi connectivity index (χ0n) is 11.9. The van der Waals surface area contributed by atoms with Crippen LogP contribution in [0.5, 0.6) is 0 Å². The highest BCUT2D eigenvalue weighted by Gasteiger charge is 2.30. The van der Waals surface area contributed by atoms with Gasteiger partial charge in [0, 0.05) is 31.4 Å². The van der Waals surface area contributed by atoms with Gasteiger partial charge < -0.3 is 21.1 Å². The first-order valence-electron chi connectivity index (χ1n) is 6.93. The summed E-state index contributed by atoms with van der Waals surface area (Å²) >= 11 is 0. The highest BCUT2D eigenvalue weighted by Crippen LogP contribution is 2.17. The molecule has 2 rings (SSSR count). The van der Waals surface area contributed by atoms with Crippen molar-refractivity contribution in [3.63, 3.8) is 0 Å². The molecule has 2 amide bonds. The van der Waals surface area contributed by atoms with Crippen molar-refractivity contribution < 1.29 is 14.3 Å². The quantitative estimate of drug-likeness (QED) is 0.598. The summed E-state index contributed by atoms with van der Waals surface area (Å²) in [7, 11) is 0. The van der Waals surface area contributed by atoms with E-state index < -0.39 is 0 Å². The van der Waals surface area contributed by atoms with Gasteiger partial charge in [-0.15, -0.1) is 0 Å². The van der Waals surface area contributed by atoms with Crippen LogP contribution in [0.25, 0.3) is 0 Å². The Morgan fingerprint density at radius 3 is 2.85 bits per heavy atom. The van der Waals surface area contributed by atoms with Crippen molar-refractivity contribution in [2.45, 2.75) is 19.9 Å². The third-order valence-corrected chi connectivity index (χ3v) is 3.70. The zero-order chi connectivity index (χ0) is 14.7. The molecule has 2 heterocycles. The Balaban J connectivity index is 2.11. The van der Waals surface area contributed by atoms with Crippen LogP contribution in [0, 0.1) is 5.92 Å². The number of nitrogens with two attached hydrogens (primary N) is 1. The topological polar surface area (TPSA) is 96.7 Å². The van der Waals surface area contributed by atoms with Gasteiger partial charge in [0.2, 0.25) is 0 Å². The van der Waals surface area contributed by atoms with E-state index in [2.05, 4.69) is 22.5 Å². The number of esters is 1. The molecule has 0 aromatic heterocycles. The minimum Gasteiger partial charge on any atom is -0.463 e. The smallest absolute Gasteiger partial charge is 0.337 e. The summed E-state index contributed by atoms with van der Waals surface area (Å²) in [4.78, 5) is 25.5. The molecular formula is C13H22N4O3. The number of nitrogens with zero attached hydrogens (tertiary/aromatic N) is 1. The maximum Gasteiger partial charge on any atom is 0.337 e. The molecule has 2 atom stereocenters. The number of urea groups is 1. The Hall–Kier alpha value is -1.60. The second-order valence-electron chi connectivity index (χ2n) is 5.32. The molecule has 0 bridgehead atoms. The molecule has 0 aromatic rings. The van der Waals surface area contributed by atoms with Gasteiger partial charge in [0.15, 0.2) is 0 Å². The Labute approximate surface area is 118 Å². The third-order valence-electron chi connectivity index (χ3n) is 3.70. The second kappa shape index (κ2) is 6.23. The summed E-state index contributed by atoms with van der Waals surface area (Å²) < 4.78 is 5.02. The predicted molar refractivity (Wildman–Crippen MR) is 73.8 cm³/mol. The van der Waals surface area contributed by atoms with Crippen molar-refractivity contribution >= 4 is 12.0 Å². The number of carbonyl (C=O) groups is 2. The fourth-order valence-corrected chi connectivity index (χ4v) is 2.53. The minimum absolute atomic E-state index is 0.138. The molecule has 0 radical (unpaired) electrons. The molecule has 2 unspecified atom stereocenters. The van der Waals surface area contributed by atoms with E-state index in [4.69, 9.17) is 10.5 Å². The van der Waals surface area contributed by atoms with E-state index in [9.17, 15) is 9.59 Å². The molecule has 1 saturated heterocycles. The van der Waals surface area contributed by atoms with Crippen LogP contribution in [-0.4, -0.2) is 55.7 Å². The van der Waals surface area contributed by atoms with Gasteiger partial charge in [-0.05, 0) is 12.8 Å². The maximum absolute atomic E-state index is 11.9. The molecule has 112 valence electrons. The summed E-state index contributed by atoms with van der Waals surface area (Å²) in [5.41, 5.74) is 7.10.